The van der Waals surface area contributed by atoms with Gasteiger partial charge in [-0.25, -0.2) is 4.79 Å². The van der Waals surface area contributed by atoms with Gasteiger partial charge in [-0.15, -0.1) is 0 Å². The van der Waals surface area contributed by atoms with E-state index in [1.54, 1.807) is 24.1 Å². The first-order valence-corrected chi connectivity index (χ1v) is 6.82. The van der Waals surface area contributed by atoms with Crippen LogP contribution < -0.4 is 10.2 Å². The molecule has 1 fully saturated rings. The molecule has 20 heavy (non-hydrogen) atoms. The van der Waals surface area contributed by atoms with Crippen molar-refractivity contribution in [2.45, 2.75) is 19.8 Å². The summed E-state index contributed by atoms with van der Waals surface area (Å²) in [6.45, 7) is 3.61. The van der Waals surface area contributed by atoms with Gasteiger partial charge in [0, 0.05) is 19.3 Å². The Kier molecular flexibility index (Phi) is 4.09. The van der Waals surface area contributed by atoms with Crippen LogP contribution in [0.4, 0.5) is 5.69 Å². The van der Waals surface area contributed by atoms with Crippen LogP contribution in [0.2, 0.25) is 0 Å². The molecule has 1 aromatic rings. The van der Waals surface area contributed by atoms with E-state index in [-0.39, 0.29) is 16.9 Å². The van der Waals surface area contributed by atoms with E-state index in [1.807, 2.05) is 6.92 Å². The molecule has 1 heterocycles. The zero-order chi connectivity index (χ0) is 14.8. The second kappa shape index (κ2) is 5.63. The minimum Gasteiger partial charge on any atom is -0.478 e. The number of aromatic carboxylic acids is 1. The van der Waals surface area contributed by atoms with Crippen LogP contribution >= 0.6 is 0 Å². The number of carboxylic acid groups (broad SMARTS) is 1. The Morgan fingerprint density at radius 3 is 2.45 bits per heavy atom. The van der Waals surface area contributed by atoms with Crippen molar-refractivity contribution in [1.29, 1.82) is 0 Å². The van der Waals surface area contributed by atoms with Crippen LogP contribution in [0.1, 0.15) is 30.1 Å². The predicted octanol–water partition coefficient (Wildman–Crippen LogP) is 1.74. The molecule has 0 radical (unpaired) electrons. The Labute approximate surface area is 118 Å². The number of carboxylic acids is 1. The van der Waals surface area contributed by atoms with Gasteiger partial charge in [-0.3, -0.25) is 4.79 Å². The second-order valence-electron chi connectivity index (χ2n) is 5.28. The first-order chi connectivity index (χ1) is 9.50. The fraction of sp³-hybridized carbons (Fsp3) is 0.467. The van der Waals surface area contributed by atoms with Gasteiger partial charge in [-0.05, 0) is 43.7 Å². The monoisotopic (exact) mass is 276 g/mol. The summed E-state index contributed by atoms with van der Waals surface area (Å²) in [5.74, 6) is -0.872. The Bertz CT molecular complexity index is 504. The molecule has 0 spiro atoms. The SMILES string of the molecule is CCC1(C(=O)N(C)c2ccc(C(=O)O)cc2)CCNC1. The molecule has 108 valence electrons. The lowest BCUT2D eigenvalue weighted by molar-refractivity contribution is -0.127. The number of hydrogen-bond acceptors (Lipinski definition) is 3. The molecule has 1 aliphatic heterocycles. The highest BCUT2D eigenvalue weighted by molar-refractivity contribution is 5.98. The van der Waals surface area contributed by atoms with E-state index >= 15 is 0 Å². The van der Waals surface area contributed by atoms with Gasteiger partial charge in [-0.2, -0.15) is 0 Å². The van der Waals surface area contributed by atoms with Gasteiger partial charge in [0.15, 0.2) is 0 Å². The summed E-state index contributed by atoms with van der Waals surface area (Å²) in [4.78, 5) is 25.1. The number of nitrogens with zero attached hydrogens (tertiary/aromatic N) is 1. The van der Waals surface area contributed by atoms with E-state index in [0.717, 1.165) is 25.1 Å². The van der Waals surface area contributed by atoms with Crippen LogP contribution in [-0.2, 0) is 4.79 Å². The quantitative estimate of drug-likeness (QED) is 0.879. The molecule has 1 atom stereocenters. The molecule has 0 bridgehead atoms. The molecule has 5 nitrogen and oxygen atoms in total. The summed E-state index contributed by atoms with van der Waals surface area (Å²) in [6, 6.07) is 6.39. The predicted molar refractivity (Wildman–Crippen MR) is 77.0 cm³/mol. The molecule has 1 saturated heterocycles. The van der Waals surface area contributed by atoms with Gasteiger partial charge in [0.05, 0.1) is 11.0 Å². The van der Waals surface area contributed by atoms with Gasteiger partial charge in [0.25, 0.3) is 0 Å². The number of carbonyl (C=O) groups is 2. The topological polar surface area (TPSA) is 69.6 Å². The molecule has 2 rings (SSSR count). The van der Waals surface area contributed by atoms with Crippen molar-refractivity contribution in [3.05, 3.63) is 29.8 Å². The average Bonchev–Trinajstić information content (AvgIpc) is 2.96. The number of carbonyl (C=O) groups excluding carboxylic acids is 1. The van der Waals surface area contributed by atoms with Crippen molar-refractivity contribution in [2.24, 2.45) is 5.41 Å². The Morgan fingerprint density at radius 1 is 1.35 bits per heavy atom. The minimum atomic E-state index is -0.962. The normalized spacial score (nSPS) is 21.7. The second-order valence-corrected chi connectivity index (χ2v) is 5.28. The lowest BCUT2D eigenvalue weighted by atomic mass is 9.82. The van der Waals surface area contributed by atoms with Gasteiger partial charge in [0.1, 0.15) is 0 Å². The smallest absolute Gasteiger partial charge is 0.335 e. The molecular formula is C15H20N2O3. The zero-order valence-corrected chi connectivity index (χ0v) is 11.8. The van der Waals surface area contributed by atoms with Gasteiger partial charge in [0.2, 0.25) is 5.91 Å². The van der Waals surface area contributed by atoms with Crippen LogP contribution in [0.15, 0.2) is 24.3 Å². The van der Waals surface area contributed by atoms with Crippen molar-refractivity contribution in [3.8, 4) is 0 Å². The first kappa shape index (κ1) is 14.5. The molecule has 0 aromatic heterocycles. The fourth-order valence-electron chi connectivity index (χ4n) is 2.68. The van der Waals surface area contributed by atoms with Gasteiger partial charge < -0.3 is 15.3 Å². The minimum absolute atomic E-state index is 0.0908. The van der Waals surface area contributed by atoms with E-state index in [9.17, 15) is 9.59 Å². The van der Waals surface area contributed by atoms with E-state index in [2.05, 4.69) is 5.32 Å². The number of rotatable bonds is 4. The molecule has 0 saturated carbocycles. The summed E-state index contributed by atoms with van der Waals surface area (Å²) >= 11 is 0. The van der Waals surface area contributed by atoms with Crippen molar-refractivity contribution in [3.63, 3.8) is 0 Å². The molecule has 1 aliphatic rings. The van der Waals surface area contributed by atoms with E-state index < -0.39 is 5.97 Å². The van der Waals surface area contributed by atoms with Crippen molar-refractivity contribution in [1.82, 2.24) is 5.32 Å². The Hall–Kier alpha value is -1.88. The van der Waals surface area contributed by atoms with Crippen molar-refractivity contribution >= 4 is 17.6 Å². The van der Waals surface area contributed by atoms with Crippen molar-refractivity contribution in [2.75, 3.05) is 25.0 Å². The highest BCUT2D eigenvalue weighted by atomic mass is 16.4. The standard InChI is InChI=1S/C15H20N2O3/c1-3-15(8-9-16-10-15)14(20)17(2)12-6-4-11(5-7-12)13(18)19/h4-7,16H,3,8-10H2,1-2H3,(H,18,19). The average molecular weight is 276 g/mol. The van der Waals surface area contributed by atoms with E-state index in [0.29, 0.717) is 6.54 Å². The van der Waals surface area contributed by atoms with Crippen LogP contribution in [0.3, 0.4) is 0 Å². The Morgan fingerprint density at radius 2 is 2.00 bits per heavy atom. The maximum Gasteiger partial charge on any atom is 0.335 e. The summed E-state index contributed by atoms with van der Waals surface area (Å²) in [7, 11) is 1.74. The zero-order valence-electron chi connectivity index (χ0n) is 11.8. The van der Waals surface area contributed by atoms with Crippen molar-refractivity contribution < 1.29 is 14.7 Å². The number of benzene rings is 1. The number of hydrogen-bond donors (Lipinski definition) is 2. The molecule has 1 unspecified atom stereocenters. The maximum absolute atomic E-state index is 12.7. The molecule has 5 heteroatoms. The lowest BCUT2D eigenvalue weighted by Gasteiger charge is -2.31. The first-order valence-electron chi connectivity index (χ1n) is 6.82. The summed E-state index contributed by atoms with van der Waals surface area (Å²) in [5.41, 5.74) is 0.613. The summed E-state index contributed by atoms with van der Waals surface area (Å²) < 4.78 is 0. The number of amides is 1. The molecule has 1 aromatic carbocycles. The third kappa shape index (κ3) is 2.54. The van der Waals surface area contributed by atoms with Crippen LogP contribution in [0.5, 0.6) is 0 Å². The third-order valence-electron chi connectivity index (χ3n) is 4.18. The van der Waals surface area contributed by atoms with E-state index in [4.69, 9.17) is 5.11 Å². The summed E-state index contributed by atoms with van der Waals surface area (Å²) in [6.07, 6.45) is 1.65. The summed E-state index contributed by atoms with van der Waals surface area (Å²) in [5, 5.41) is 12.1. The van der Waals surface area contributed by atoms with Gasteiger partial charge >= 0.3 is 5.97 Å². The lowest BCUT2D eigenvalue weighted by Crippen LogP contribution is -2.43. The molecule has 0 aliphatic carbocycles. The largest absolute Gasteiger partial charge is 0.478 e. The molecule has 2 N–H and O–H groups in total. The third-order valence-corrected chi connectivity index (χ3v) is 4.18. The molecule has 1 amide bonds. The highest BCUT2D eigenvalue weighted by Gasteiger charge is 2.41. The van der Waals surface area contributed by atoms with E-state index in [1.165, 1.54) is 12.1 Å². The van der Waals surface area contributed by atoms with Crippen LogP contribution in [-0.4, -0.2) is 37.1 Å². The number of nitrogens with one attached hydrogen (secondary N) is 1. The molecular weight excluding hydrogens is 256 g/mol. The van der Waals surface area contributed by atoms with Crippen LogP contribution in [0.25, 0.3) is 0 Å². The van der Waals surface area contributed by atoms with Gasteiger partial charge in [-0.1, -0.05) is 6.92 Å². The maximum atomic E-state index is 12.7. The fourth-order valence-corrected chi connectivity index (χ4v) is 2.68. The Balaban J connectivity index is 2.19. The number of anilines is 1. The van der Waals surface area contributed by atoms with Crippen LogP contribution in [0, 0.1) is 5.41 Å². The highest BCUT2D eigenvalue weighted by Crippen LogP contribution is 2.33.